The topological polar surface area (TPSA) is 57.0 Å². The average molecular weight is 379 g/mol. The predicted molar refractivity (Wildman–Crippen MR) is 101 cm³/mol. The van der Waals surface area contributed by atoms with Crippen molar-refractivity contribution < 1.29 is 19.2 Å². The van der Waals surface area contributed by atoms with Gasteiger partial charge in [0.2, 0.25) is 0 Å². The first-order valence-electron chi connectivity index (χ1n) is 8.58. The molecule has 1 amide bonds. The number of benzene rings is 2. The van der Waals surface area contributed by atoms with Crippen LogP contribution in [0, 0.1) is 5.82 Å². The first kappa shape index (κ1) is 18.5. The van der Waals surface area contributed by atoms with Crippen molar-refractivity contribution in [2.45, 2.75) is 13.0 Å². The highest BCUT2D eigenvalue weighted by Gasteiger charge is 2.29. The second kappa shape index (κ2) is 7.93. The number of halogens is 2. The van der Waals surface area contributed by atoms with E-state index in [2.05, 4.69) is 10.2 Å². The van der Waals surface area contributed by atoms with Gasteiger partial charge in [-0.15, -0.1) is 0 Å². The Labute approximate surface area is 157 Å². The molecule has 0 aliphatic carbocycles. The van der Waals surface area contributed by atoms with Gasteiger partial charge in [-0.2, -0.15) is 0 Å². The number of hydrogen-bond acceptors (Lipinski definition) is 3. The van der Waals surface area contributed by atoms with Gasteiger partial charge in [-0.05, 0) is 49.4 Å². The summed E-state index contributed by atoms with van der Waals surface area (Å²) in [6.45, 7) is 5.20. The Balaban J connectivity index is 1.56. The summed E-state index contributed by atoms with van der Waals surface area (Å²) in [4.78, 5) is 15.9. The van der Waals surface area contributed by atoms with Crippen LogP contribution in [0.15, 0.2) is 42.5 Å². The van der Waals surface area contributed by atoms with Crippen LogP contribution in [-0.2, 0) is 4.79 Å². The van der Waals surface area contributed by atoms with Crippen molar-refractivity contribution in [2.75, 3.05) is 36.4 Å². The van der Waals surface area contributed by atoms with Gasteiger partial charge >= 0.3 is 0 Å². The van der Waals surface area contributed by atoms with Crippen LogP contribution >= 0.6 is 11.6 Å². The molecular formula is C19H22ClFN3O2+. The zero-order valence-corrected chi connectivity index (χ0v) is 15.3. The lowest BCUT2D eigenvalue weighted by Crippen LogP contribution is -3.19. The first-order valence-corrected chi connectivity index (χ1v) is 8.96. The van der Waals surface area contributed by atoms with E-state index < -0.39 is 5.82 Å². The van der Waals surface area contributed by atoms with Crippen molar-refractivity contribution >= 4 is 28.9 Å². The summed E-state index contributed by atoms with van der Waals surface area (Å²) in [5.41, 5.74) is 1.49. The summed E-state index contributed by atoms with van der Waals surface area (Å²) in [6.07, 6.45) is 0. The molecule has 2 aromatic carbocycles. The van der Waals surface area contributed by atoms with Crippen LogP contribution in [0.4, 0.5) is 15.8 Å². The van der Waals surface area contributed by atoms with Crippen LogP contribution < -0.4 is 15.1 Å². The molecule has 0 spiro atoms. The molecule has 0 aromatic heterocycles. The molecule has 0 saturated carbocycles. The minimum atomic E-state index is -0.433. The van der Waals surface area contributed by atoms with Gasteiger partial charge in [0.15, 0.2) is 6.04 Å². The number of piperazine rings is 1. The minimum Gasteiger partial charge on any atom is -0.508 e. The SMILES string of the molecule is C[C@@H](C(=O)Nc1ccc(F)cc1Cl)[NH+]1CCN(c2ccc(O)cc2)CC1. The Morgan fingerprint density at radius 2 is 1.88 bits per heavy atom. The van der Waals surface area contributed by atoms with E-state index in [0.29, 0.717) is 5.69 Å². The average Bonchev–Trinajstić information content (AvgIpc) is 2.64. The third kappa shape index (κ3) is 4.26. The molecule has 5 nitrogen and oxygen atoms in total. The third-order valence-electron chi connectivity index (χ3n) is 4.82. The molecule has 26 heavy (non-hydrogen) atoms. The van der Waals surface area contributed by atoms with E-state index >= 15 is 0 Å². The monoisotopic (exact) mass is 378 g/mol. The maximum atomic E-state index is 13.1. The van der Waals surface area contributed by atoms with Crippen molar-refractivity contribution in [3.05, 3.63) is 53.3 Å². The molecular weight excluding hydrogens is 357 g/mol. The normalized spacial score (nSPS) is 16.3. The molecule has 1 aliphatic heterocycles. The van der Waals surface area contributed by atoms with Crippen LogP contribution in [0.1, 0.15) is 6.92 Å². The van der Waals surface area contributed by atoms with Gasteiger partial charge in [-0.1, -0.05) is 11.6 Å². The highest BCUT2D eigenvalue weighted by molar-refractivity contribution is 6.33. The Hall–Kier alpha value is -2.31. The summed E-state index contributed by atoms with van der Waals surface area (Å²) in [5.74, 6) is -0.314. The number of aromatic hydroxyl groups is 1. The van der Waals surface area contributed by atoms with Gasteiger partial charge in [0.1, 0.15) is 11.6 Å². The highest BCUT2D eigenvalue weighted by atomic mass is 35.5. The molecule has 1 fully saturated rings. The maximum Gasteiger partial charge on any atom is 0.282 e. The van der Waals surface area contributed by atoms with Gasteiger partial charge in [0.05, 0.1) is 36.9 Å². The standard InChI is InChI=1S/C19H21ClFN3O2/c1-13(19(26)22-18-7-2-14(21)12-17(18)20)23-8-10-24(11-9-23)15-3-5-16(25)6-4-15/h2-7,12-13,25H,8-11H2,1H3,(H,22,26)/p+1/t13-/m0/s1. The summed E-state index contributed by atoms with van der Waals surface area (Å²) < 4.78 is 13.1. The van der Waals surface area contributed by atoms with Gasteiger partial charge in [-0.25, -0.2) is 4.39 Å². The maximum absolute atomic E-state index is 13.1. The number of carbonyl (C=O) groups is 1. The molecule has 1 aliphatic rings. The van der Waals surface area contributed by atoms with Gasteiger partial charge in [-0.3, -0.25) is 4.79 Å². The summed E-state index contributed by atoms with van der Waals surface area (Å²) >= 11 is 5.98. The second-order valence-electron chi connectivity index (χ2n) is 6.50. The van der Waals surface area contributed by atoms with Crippen molar-refractivity contribution in [3.63, 3.8) is 0 Å². The van der Waals surface area contributed by atoms with E-state index in [-0.39, 0.29) is 22.7 Å². The largest absolute Gasteiger partial charge is 0.508 e. The number of nitrogens with one attached hydrogen (secondary N) is 2. The lowest BCUT2D eigenvalue weighted by Gasteiger charge is -2.36. The molecule has 1 saturated heterocycles. The lowest BCUT2D eigenvalue weighted by molar-refractivity contribution is -0.914. The molecule has 0 bridgehead atoms. The van der Waals surface area contributed by atoms with E-state index in [4.69, 9.17) is 11.6 Å². The number of nitrogens with zero attached hydrogens (tertiary/aromatic N) is 1. The minimum absolute atomic E-state index is 0.133. The number of anilines is 2. The third-order valence-corrected chi connectivity index (χ3v) is 5.13. The Kier molecular flexibility index (Phi) is 5.64. The number of quaternary nitrogens is 1. The van der Waals surface area contributed by atoms with Gasteiger partial charge < -0.3 is 20.2 Å². The fourth-order valence-electron chi connectivity index (χ4n) is 3.17. The van der Waals surface area contributed by atoms with Gasteiger partial charge in [0.25, 0.3) is 5.91 Å². The van der Waals surface area contributed by atoms with Gasteiger partial charge in [0, 0.05) is 5.69 Å². The number of carbonyl (C=O) groups excluding carboxylic acids is 1. The summed E-state index contributed by atoms with van der Waals surface area (Å²) in [7, 11) is 0. The van der Waals surface area contributed by atoms with Crippen molar-refractivity contribution in [1.82, 2.24) is 0 Å². The van der Waals surface area contributed by atoms with Crippen molar-refractivity contribution in [1.29, 1.82) is 0 Å². The number of hydrogen-bond donors (Lipinski definition) is 3. The number of rotatable bonds is 4. The second-order valence-corrected chi connectivity index (χ2v) is 6.90. The van der Waals surface area contributed by atoms with Crippen LogP contribution in [0.2, 0.25) is 5.02 Å². The predicted octanol–water partition coefficient (Wildman–Crippen LogP) is 1.92. The zero-order valence-electron chi connectivity index (χ0n) is 14.5. The zero-order chi connectivity index (χ0) is 18.7. The number of phenolic OH excluding ortho intramolecular Hbond substituents is 1. The molecule has 0 unspecified atom stereocenters. The van der Waals surface area contributed by atoms with Crippen LogP contribution in [0.5, 0.6) is 5.75 Å². The van der Waals surface area contributed by atoms with E-state index in [9.17, 15) is 14.3 Å². The number of amides is 1. The van der Waals surface area contributed by atoms with Crippen LogP contribution in [-0.4, -0.2) is 43.2 Å². The van der Waals surface area contributed by atoms with Crippen LogP contribution in [0.3, 0.4) is 0 Å². The van der Waals surface area contributed by atoms with Crippen LogP contribution in [0.25, 0.3) is 0 Å². The molecule has 1 atom stereocenters. The molecule has 1 heterocycles. The first-order chi connectivity index (χ1) is 12.4. The molecule has 3 rings (SSSR count). The highest BCUT2D eigenvalue weighted by Crippen LogP contribution is 2.22. The summed E-state index contributed by atoms with van der Waals surface area (Å²) in [5, 5.41) is 12.4. The quantitative estimate of drug-likeness (QED) is 0.762. The Bertz CT molecular complexity index is 777. The lowest BCUT2D eigenvalue weighted by atomic mass is 10.2. The van der Waals surface area contributed by atoms with Crippen molar-refractivity contribution in [2.24, 2.45) is 0 Å². The smallest absolute Gasteiger partial charge is 0.282 e. The van der Waals surface area contributed by atoms with Crippen molar-refractivity contribution in [3.8, 4) is 5.75 Å². The number of phenols is 1. The van der Waals surface area contributed by atoms with E-state index in [1.54, 1.807) is 12.1 Å². The molecule has 138 valence electrons. The molecule has 0 radical (unpaired) electrons. The Morgan fingerprint density at radius 3 is 2.50 bits per heavy atom. The van der Waals surface area contributed by atoms with E-state index in [1.807, 2.05) is 19.1 Å². The fourth-order valence-corrected chi connectivity index (χ4v) is 3.38. The molecule has 3 N–H and O–H groups in total. The van der Waals surface area contributed by atoms with E-state index in [0.717, 1.165) is 31.9 Å². The fraction of sp³-hybridized carbons (Fsp3) is 0.316. The summed E-state index contributed by atoms with van der Waals surface area (Å²) in [6, 6.07) is 10.8. The molecule has 7 heteroatoms. The Morgan fingerprint density at radius 1 is 1.23 bits per heavy atom. The molecule has 2 aromatic rings. The van der Waals surface area contributed by atoms with E-state index in [1.165, 1.54) is 23.1 Å².